The van der Waals surface area contributed by atoms with Gasteiger partial charge >= 0.3 is 12.2 Å². The van der Waals surface area contributed by atoms with Crippen LogP contribution in [0.25, 0.3) is 0 Å². The lowest BCUT2D eigenvalue weighted by Crippen LogP contribution is -2.50. The van der Waals surface area contributed by atoms with Crippen LogP contribution in [0.15, 0.2) is 0 Å². The Kier molecular flexibility index (Phi) is 4.86. The Morgan fingerprint density at radius 1 is 1.35 bits per heavy atom. The van der Waals surface area contributed by atoms with E-state index in [0.717, 1.165) is 19.3 Å². The van der Waals surface area contributed by atoms with Gasteiger partial charge in [0.05, 0.1) is 0 Å². The van der Waals surface area contributed by atoms with Gasteiger partial charge in [-0.1, -0.05) is 13.3 Å². The van der Waals surface area contributed by atoms with E-state index in [1.165, 1.54) is 0 Å². The highest BCUT2D eigenvalue weighted by molar-refractivity contribution is 6.09. The van der Waals surface area contributed by atoms with E-state index in [0.29, 0.717) is 23.7 Å². The minimum absolute atomic E-state index is 0.497. The van der Waals surface area contributed by atoms with E-state index in [1.54, 1.807) is 5.32 Å². The van der Waals surface area contributed by atoms with Crippen molar-refractivity contribution in [3.05, 3.63) is 0 Å². The molecule has 4 amide bonds. The SMILES string of the molecule is CCC1CCC2(CC1)NC(=O)N(CC(=O)NCC(F)(F)F)C2=O. The Bertz CT molecular complexity index is 499. The lowest BCUT2D eigenvalue weighted by atomic mass is 9.75. The van der Waals surface area contributed by atoms with Crippen LogP contribution < -0.4 is 10.6 Å². The molecule has 2 rings (SSSR count). The summed E-state index contributed by atoms with van der Waals surface area (Å²) in [7, 11) is 0. The number of alkyl halides is 3. The second-order valence-corrected chi connectivity index (χ2v) is 6.15. The van der Waals surface area contributed by atoms with Gasteiger partial charge < -0.3 is 10.6 Å². The minimum Gasteiger partial charge on any atom is -0.345 e. The third-order valence-corrected chi connectivity index (χ3v) is 4.57. The molecule has 2 N–H and O–H groups in total. The molecule has 0 unspecified atom stereocenters. The molecule has 23 heavy (non-hydrogen) atoms. The molecule has 0 aromatic rings. The van der Waals surface area contributed by atoms with Crippen molar-refractivity contribution in [1.29, 1.82) is 0 Å². The lowest BCUT2D eigenvalue weighted by molar-refractivity contribution is -0.141. The van der Waals surface area contributed by atoms with E-state index in [4.69, 9.17) is 0 Å². The summed E-state index contributed by atoms with van der Waals surface area (Å²) in [5.74, 6) is -1.02. The Hall–Kier alpha value is -1.80. The fourth-order valence-corrected chi connectivity index (χ4v) is 3.14. The van der Waals surface area contributed by atoms with Gasteiger partial charge in [-0.15, -0.1) is 0 Å². The van der Waals surface area contributed by atoms with Crippen molar-refractivity contribution in [1.82, 2.24) is 15.5 Å². The largest absolute Gasteiger partial charge is 0.405 e. The molecule has 1 spiro atoms. The number of carbonyl (C=O) groups excluding carboxylic acids is 3. The summed E-state index contributed by atoms with van der Waals surface area (Å²) in [6.07, 6.45) is -0.935. The zero-order valence-electron chi connectivity index (χ0n) is 12.8. The van der Waals surface area contributed by atoms with Crippen molar-refractivity contribution in [2.75, 3.05) is 13.1 Å². The molecule has 0 aromatic carbocycles. The molecule has 1 heterocycles. The van der Waals surface area contributed by atoms with Gasteiger partial charge in [-0.05, 0) is 31.6 Å². The molecular formula is C14H20F3N3O3. The Labute approximate surface area is 131 Å². The van der Waals surface area contributed by atoms with Crippen LogP contribution in [0.1, 0.15) is 39.0 Å². The smallest absolute Gasteiger partial charge is 0.345 e. The number of imide groups is 1. The highest BCUT2D eigenvalue weighted by atomic mass is 19.4. The van der Waals surface area contributed by atoms with E-state index in [1.807, 2.05) is 0 Å². The van der Waals surface area contributed by atoms with Gasteiger partial charge in [-0.2, -0.15) is 13.2 Å². The Morgan fingerprint density at radius 2 is 1.96 bits per heavy atom. The van der Waals surface area contributed by atoms with Crippen molar-refractivity contribution in [3.63, 3.8) is 0 Å². The van der Waals surface area contributed by atoms with Crippen LogP contribution >= 0.6 is 0 Å². The maximum Gasteiger partial charge on any atom is 0.405 e. The molecule has 1 aliphatic carbocycles. The second-order valence-electron chi connectivity index (χ2n) is 6.15. The van der Waals surface area contributed by atoms with E-state index in [9.17, 15) is 27.6 Å². The summed E-state index contributed by atoms with van der Waals surface area (Å²) >= 11 is 0. The van der Waals surface area contributed by atoms with Crippen molar-refractivity contribution in [2.24, 2.45) is 5.92 Å². The van der Waals surface area contributed by atoms with E-state index < -0.39 is 42.7 Å². The van der Waals surface area contributed by atoms with Crippen LogP contribution in [0, 0.1) is 5.92 Å². The molecule has 130 valence electrons. The van der Waals surface area contributed by atoms with Gasteiger partial charge in [0, 0.05) is 0 Å². The molecule has 1 saturated carbocycles. The van der Waals surface area contributed by atoms with Crippen molar-refractivity contribution < 1.29 is 27.6 Å². The first-order valence-electron chi connectivity index (χ1n) is 7.64. The lowest BCUT2D eigenvalue weighted by Gasteiger charge is -2.34. The summed E-state index contributed by atoms with van der Waals surface area (Å²) < 4.78 is 36.2. The molecule has 0 aromatic heterocycles. The average molecular weight is 335 g/mol. The molecule has 9 heteroatoms. The fourth-order valence-electron chi connectivity index (χ4n) is 3.14. The summed E-state index contributed by atoms with van der Waals surface area (Å²) in [4.78, 5) is 36.6. The van der Waals surface area contributed by atoms with E-state index in [2.05, 4.69) is 12.2 Å². The number of hydrogen-bond donors (Lipinski definition) is 2. The standard InChI is InChI=1S/C14H20F3N3O3/c1-2-9-3-5-13(6-4-9)11(22)20(12(23)19-13)7-10(21)18-8-14(15,16)17/h9H,2-8H2,1H3,(H,18,21)(H,19,23). The van der Waals surface area contributed by atoms with Crippen molar-refractivity contribution in [3.8, 4) is 0 Å². The summed E-state index contributed by atoms with van der Waals surface area (Å²) in [5.41, 5.74) is -0.993. The molecule has 2 fully saturated rings. The minimum atomic E-state index is -4.54. The third kappa shape index (κ3) is 3.94. The zero-order valence-corrected chi connectivity index (χ0v) is 12.8. The fraction of sp³-hybridized carbons (Fsp3) is 0.786. The quantitative estimate of drug-likeness (QED) is 0.765. The summed E-state index contributed by atoms with van der Waals surface area (Å²) in [5, 5.41) is 4.29. The average Bonchev–Trinajstić information content (AvgIpc) is 2.70. The van der Waals surface area contributed by atoms with Gasteiger partial charge in [-0.25, -0.2) is 4.79 Å². The number of nitrogens with zero attached hydrogens (tertiary/aromatic N) is 1. The molecule has 2 aliphatic rings. The van der Waals surface area contributed by atoms with Crippen LogP contribution in [-0.4, -0.2) is 47.6 Å². The zero-order chi connectivity index (χ0) is 17.3. The second kappa shape index (κ2) is 6.37. The maximum atomic E-state index is 12.5. The number of rotatable bonds is 4. The van der Waals surface area contributed by atoms with Gasteiger partial charge in [-0.3, -0.25) is 14.5 Å². The molecule has 0 atom stereocenters. The third-order valence-electron chi connectivity index (χ3n) is 4.57. The topological polar surface area (TPSA) is 78.5 Å². The van der Waals surface area contributed by atoms with E-state index in [-0.39, 0.29) is 0 Å². The molecule has 1 saturated heterocycles. The number of halogens is 3. The van der Waals surface area contributed by atoms with E-state index >= 15 is 0 Å². The van der Waals surface area contributed by atoms with Gasteiger partial charge in [0.2, 0.25) is 5.91 Å². The Balaban J connectivity index is 1.95. The maximum absolute atomic E-state index is 12.5. The van der Waals surface area contributed by atoms with Crippen LogP contribution in [0.2, 0.25) is 0 Å². The molecule has 1 aliphatic heterocycles. The highest BCUT2D eigenvalue weighted by Crippen LogP contribution is 2.37. The van der Waals surface area contributed by atoms with Gasteiger partial charge in [0.1, 0.15) is 18.6 Å². The van der Waals surface area contributed by atoms with Gasteiger partial charge in [0.25, 0.3) is 5.91 Å². The first kappa shape index (κ1) is 17.6. The summed E-state index contributed by atoms with van der Waals surface area (Å²) in [6, 6.07) is -0.716. The number of hydrogen-bond acceptors (Lipinski definition) is 3. The predicted octanol–water partition coefficient (Wildman–Crippen LogP) is 1.56. The number of urea groups is 1. The van der Waals surface area contributed by atoms with Crippen LogP contribution in [0.5, 0.6) is 0 Å². The number of carbonyl (C=O) groups is 3. The molecule has 0 radical (unpaired) electrons. The number of amides is 4. The predicted molar refractivity (Wildman–Crippen MR) is 74.3 cm³/mol. The van der Waals surface area contributed by atoms with Crippen LogP contribution in [0.3, 0.4) is 0 Å². The van der Waals surface area contributed by atoms with Crippen molar-refractivity contribution >= 4 is 17.8 Å². The first-order valence-corrected chi connectivity index (χ1v) is 7.64. The first-order chi connectivity index (χ1) is 10.7. The normalized spacial score (nSPS) is 28.2. The molecular weight excluding hydrogens is 315 g/mol. The molecule has 6 nitrogen and oxygen atoms in total. The highest BCUT2D eigenvalue weighted by Gasteiger charge is 2.52. The van der Waals surface area contributed by atoms with Crippen molar-refractivity contribution in [2.45, 2.75) is 50.7 Å². The monoisotopic (exact) mass is 335 g/mol. The number of nitrogens with one attached hydrogen (secondary N) is 2. The van der Waals surface area contributed by atoms with Gasteiger partial charge in [0.15, 0.2) is 0 Å². The van der Waals surface area contributed by atoms with Crippen LogP contribution in [0.4, 0.5) is 18.0 Å². The molecule has 0 bridgehead atoms. The van der Waals surface area contributed by atoms with Crippen LogP contribution in [-0.2, 0) is 9.59 Å². The summed E-state index contributed by atoms with van der Waals surface area (Å²) in [6.45, 7) is -0.118. The Morgan fingerprint density at radius 3 is 2.48 bits per heavy atom.